The average molecular weight is 371 g/mol. The van der Waals surface area contributed by atoms with Gasteiger partial charge in [-0.1, -0.05) is 5.92 Å². The molecule has 1 aromatic heterocycles. The second-order valence-corrected chi connectivity index (χ2v) is 6.78. The van der Waals surface area contributed by atoms with Crippen LogP contribution in [0.15, 0.2) is 27.8 Å². The molecule has 0 unspecified atom stereocenters. The largest absolute Gasteiger partial charge is 0.476 e. The molecule has 0 atom stereocenters. The number of carbonyl (C=O) groups excluding carboxylic acids is 1. The Bertz CT molecular complexity index is 1120. The molecule has 0 bridgehead atoms. The highest BCUT2D eigenvalue weighted by Gasteiger charge is 2.41. The summed E-state index contributed by atoms with van der Waals surface area (Å²) in [6.07, 6.45) is 5.36. The molecular weight excluding hydrogens is 353 g/mol. The van der Waals surface area contributed by atoms with Gasteiger partial charge in [-0.15, -0.1) is 6.42 Å². The molecule has 0 aliphatic carbocycles. The molecular formula is C19H18FN3O4. The van der Waals surface area contributed by atoms with Crippen molar-refractivity contribution in [2.24, 2.45) is 7.05 Å². The van der Waals surface area contributed by atoms with Gasteiger partial charge in [0.1, 0.15) is 5.75 Å². The summed E-state index contributed by atoms with van der Waals surface area (Å²) in [7, 11) is 1.48. The maximum absolute atomic E-state index is 14.8. The Hall–Kier alpha value is -3.34. The summed E-state index contributed by atoms with van der Waals surface area (Å²) in [5.41, 5.74) is -2.25. The summed E-state index contributed by atoms with van der Waals surface area (Å²) < 4.78 is 22.3. The van der Waals surface area contributed by atoms with Crippen LogP contribution in [0.5, 0.6) is 5.75 Å². The van der Waals surface area contributed by atoms with E-state index in [4.69, 9.17) is 11.2 Å². The molecule has 1 aromatic carbocycles. The Morgan fingerprint density at radius 2 is 1.85 bits per heavy atom. The van der Waals surface area contributed by atoms with E-state index in [1.807, 2.05) is 0 Å². The molecule has 3 rings (SSSR count). The minimum Gasteiger partial charge on any atom is -0.476 e. The number of nitrogens with zero attached hydrogens (tertiary/aromatic N) is 3. The molecule has 140 valence electrons. The molecule has 27 heavy (non-hydrogen) atoms. The maximum Gasteiger partial charge on any atom is 0.335 e. The predicted octanol–water partition coefficient (Wildman–Crippen LogP) is 1.12. The number of hydrogen-bond donors (Lipinski definition) is 0. The molecule has 0 saturated heterocycles. The van der Waals surface area contributed by atoms with Crippen molar-refractivity contribution in [3.05, 3.63) is 50.5 Å². The summed E-state index contributed by atoms with van der Waals surface area (Å²) in [5.74, 6) is 1.25. The smallest absolute Gasteiger partial charge is 0.335 e. The Labute approximate surface area is 154 Å². The zero-order valence-corrected chi connectivity index (χ0v) is 15.4. The highest BCUT2D eigenvalue weighted by atomic mass is 19.1. The number of fused-ring (bicyclic) bond motifs is 1. The fraction of sp³-hybridized carbons (Fsp3) is 0.316. The van der Waals surface area contributed by atoms with E-state index in [0.29, 0.717) is 10.3 Å². The molecule has 1 amide bonds. The predicted molar refractivity (Wildman–Crippen MR) is 97.9 cm³/mol. The van der Waals surface area contributed by atoms with Gasteiger partial charge in [0.25, 0.3) is 11.5 Å². The van der Waals surface area contributed by atoms with Crippen LogP contribution >= 0.6 is 0 Å². The molecule has 2 heterocycles. The van der Waals surface area contributed by atoms with Gasteiger partial charge in [-0.25, -0.2) is 13.8 Å². The Morgan fingerprint density at radius 1 is 1.19 bits per heavy atom. The SMILES string of the molecule is C#CCN1C(=O)C(C)(C)Oc2cc(F)c(-n3c(=O)cc(C)n(C)c3=O)cc21. The van der Waals surface area contributed by atoms with Crippen molar-refractivity contribution in [3.8, 4) is 23.8 Å². The van der Waals surface area contributed by atoms with Gasteiger partial charge in [-0.2, -0.15) is 0 Å². The molecule has 8 heteroatoms. The molecule has 1 aliphatic heterocycles. The van der Waals surface area contributed by atoms with E-state index in [1.54, 1.807) is 20.8 Å². The summed E-state index contributed by atoms with van der Waals surface area (Å²) in [5, 5.41) is 0. The second kappa shape index (κ2) is 6.13. The number of anilines is 1. The van der Waals surface area contributed by atoms with E-state index in [0.717, 1.165) is 6.07 Å². The lowest BCUT2D eigenvalue weighted by molar-refractivity contribution is -0.132. The number of halogens is 1. The zero-order chi connectivity index (χ0) is 20.1. The second-order valence-electron chi connectivity index (χ2n) is 6.78. The molecule has 0 spiro atoms. The minimum absolute atomic E-state index is 0.0650. The first-order chi connectivity index (χ1) is 12.6. The van der Waals surface area contributed by atoms with Crippen molar-refractivity contribution in [1.82, 2.24) is 9.13 Å². The summed E-state index contributed by atoms with van der Waals surface area (Å²) in [4.78, 5) is 38.8. The topological polar surface area (TPSA) is 73.5 Å². The molecule has 7 nitrogen and oxygen atoms in total. The molecule has 0 fully saturated rings. The van der Waals surface area contributed by atoms with Crippen molar-refractivity contribution < 1.29 is 13.9 Å². The van der Waals surface area contributed by atoms with Crippen molar-refractivity contribution in [2.45, 2.75) is 26.4 Å². The van der Waals surface area contributed by atoms with Crippen LogP contribution in [0.3, 0.4) is 0 Å². The minimum atomic E-state index is -1.23. The van der Waals surface area contributed by atoms with E-state index >= 15 is 0 Å². The monoisotopic (exact) mass is 371 g/mol. The first-order valence-corrected chi connectivity index (χ1v) is 8.16. The fourth-order valence-electron chi connectivity index (χ4n) is 2.95. The molecule has 0 saturated carbocycles. The maximum atomic E-state index is 14.8. The normalized spacial score (nSPS) is 15.1. The number of hydrogen-bond acceptors (Lipinski definition) is 4. The average Bonchev–Trinajstić information content (AvgIpc) is 2.58. The van der Waals surface area contributed by atoms with Crippen LogP contribution in [-0.4, -0.2) is 27.2 Å². The number of terminal acetylenes is 1. The Morgan fingerprint density at radius 3 is 2.48 bits per heavy atom. The lowest BCUT2D eigenvalue weighted by atomic mass is 10.0. The number of amides is 1. The van der Waals surface area contributed by atoms with Gasteiger partial charge >= 0.3 is 5.69 Å². The summed E-state index contributed by atoms with van der Waals surface area (Å²) in [6, 6.07) is 3.51. The van der Waals surface area contributed by atoms with Crippen LogP contribution in [-0.2, 0) is 11.8 Å². The van der Waals surface area contributed by atoms with Gasteiger partial charge < -0.3 is 9.30 Å². The van der Waals surface area contributed by atoms with E-state index in [1.165, 1.54) is 28.6 Å². The van der Waals surface area contributed by atoms with Gasteiger partial charge in [0.2, 0.25) is 0 Å². The molecule has 1 aliphatic rings. The van der Waals surface area contributed by atoms with Crippen molar-refractivity contribution in [2.75, 3.05) is 11.4 Å². The third-order valence-electron chi connectivity index (χ3n) is 4.49. The quantitative estimate of drug-likeness (QED) is 0.742. The fourth-order valence-corrected chi connectivity index (χ4v) is 2.95. The molecule has 0 radical (unpaired) electrons. The number of carbonyl (C=O) groups is 1. The lowest BCUT2D eigenvalue weighted by Gasteiger charge is -2.38. The van der Waals surface area contributed by atoms with E-state index in [-0.39, 0.29) is 23.7 Å². The number of ether oxygens (including phenoxy) is 1. The van der Waals surface area contributed by atoms with Crippen LogP contribution in [0.4, 0.5) is 10.1 Å². The standard InChI is InChI=1S/C19H18FN3O4/c1-6-7-22-14-10-13(23-16(24)8-11(2)21(5)18(23)26)12(20)9-15(14)27-19(3,4)17(22)25/h1,8-10H,7H2,2-5H3. The van der Waals surface area contributed by atoms with Gasteiger partial charge in [-0.3, -0.25) is 14.5 Å². The highest BCUT2D eigenvalue weighted by Crippen LogP contribution is 2.39. The number of benzene rings is 1. The third-order valence-corrected chi connectivity index (χ3v) is 4.49. The van der Waals surface area contributed by atoms with Gasteiger partial charge in [0, 0.05) is 24.9 Å². The van der Waals surface area contributed by atoms with E-state index in [9.17, 15) is 18.8 Å². The molecule has 2 aromatic rings. The summed E-state index contributed by atoms with van der Waals surface area (Å²) >= 11 is 0. The highest BCUT2D eigenvalue weighted by molar-refractivity contribution is 6.03. The molecule has 0 N–H and O–H groups in total. The first-order valence-electron chi connectivity index (χ1n) is 8.16. The number of rotatable bonds is 2. The Balaban J connectivity index is 2.31. The van der Waals surface area contributed by atoms with Crippen molar-refractivity contribution in [3.63, 3.8) is 0 Å². The van der Waals surface area contributed by atoms with Gasteiger partial charge in [0.15, 0.2) is 11.4 Å². The third kappa shape index (κ3) is 2.81. The zero-order valence-electron chi connectivity index (χ0n) is 15.4. The van der Waals surface area contributed by atoms with E-state index in [2.05, 4.69) is 5.92 Å². The van der Waals surface area contributed by atoms with Crippen LogP contribution in [0.2, 0.25) is 0 Å². The van der Waals surface area contributed by atoms with Crippen LogP contribution in [0.1, 0.15) is 19.5 Å². The summed E-state index contributed by atoms with van der Waals surface area (Å²) in [6.45, 7) is 4.63. The lowest BCUT2D eigenvalue weighted by Crippen LogP contribution is -2.52. The first kappa shape index (κ1) is 18.5. The van der Waals surface area contributed by atoms with Crippen LogP contribution in [0, 0.1) is 25.1 Å². The number of aromatic nitrogens is 2. The van der Waals surface area contributed by atoms with Crippen LogP contribution < -0.4 is 20.9 Å². The number of aryl methyl sites for hydroxylation is 1. The van der Waals surface area contributed by atoms with E-state index < -0.39 is 28.6 Å². The van der Waals surface area contributed by atoms with Crippen molar-refractivity contribution in [1.29, 1.82) is 0 Å². The van der Waals surface area contributed by atoms with Crippen molar-refractivity contribution >= 4 is 11.6 Å². The van der Waals surface area contributed by atoms with Crippen LogP contribution in [0.25, 0.3) is 5.69 Å². The van der Waals surface area contributed by atoms with Gasteiger partial charge in [-0.05, 0) is 26.8 Å². The Kier molecular flexibility index (Phi) is 4.19. The van der Waals surface area contributed by atoms with Gasteiger partial charge in [0.05, 0.1) is 17.9 Å².